The highest BCUT2D eigenvalue weighted by molar-refractivity contribution is 7.80. The molecule has 0 spiro atoms. The number of aryl methyl sites for hydroxylation is 1. The molecule has 0 aliphatic rings. The number of rotatable bonds is 2. The van der Waals surface area contributed by atoms with Crippen LogP contribution in [0.25, 0.3) is 0 Å². The minimum Gasteiger partial charge on any atom is -0.321 e. The summed E-state index contributed by atoms with van der Waals surface area (Å²) in [4.78, 5) is 12.8. The average Bonchev–Trinajstić information content (AvgIpc) is 2.36. The van der Waals surface area contributed by atoms with E-state index in [9.17, 15) is 9.18 Å². The number of hydrogen-bond donors (Lipinski definition) is 2. The Kier molecular flexibility index (Phi) is 4.12. The molecule has 0 aromatic heterocycles. The summed E-state index contributed by atoms with van der Waals surface area (Å²) in [6, 6.07) is 9.06. The molecule has 0 radical (unpaired) electrons. The lowest BCUT2D eigenvalue weighted by Crippen LogP contribution is -2.13. The zero-order chi connectivity index (χ0) is 14.0. The summed E-state index contributed by atoms with van der Waals surface area (Å²) in [5, 5.41) is 2.88. The van der Waals surface area contributed by atoms with Gasteiger partial charge >= 0.3 is 0 Å². The maximum Gasteiger partial charge on any atom is 0.256 e. The van der Waals surface area contributed by atoms with Crippen LogP contribution in [0, 0.1) is 12.7 Å². The topological polar surface area (TPSA) is 29.1 Å². The van der Waals surface area contributed by atoms with Gasteiger partial charge in [0.1, 0.15) is 5.82 Å². The van der Waals surface area contributed by atoms with Crippen LogP contribution >= 0.6 is 24.2 Å². The van der Waals surface area contributed by atoms with E-state index >= 15 is 0 Å². The fourth-order valence-corrected chi connectivity index (χ4v) is 2.01. The van der Waals surface area contributed by atoms with E-state index < -0.39 is 5.82 Å². The van der Waals surface area contributed by atoms with Gasteiger partial charge in [0.25, 0.3) is 5.91 Å². The number of benzene rings is 2. The first kappa shape index (κ1) is 13.9. The Hall–Kier alpha value is -1.52. The molecule has 0 unspecified atom stereocenters. The molecule has 2 nitrogen and oxygen atoms in total. The number of nitrogens with one attached hydrogen (secondary N) is 1. The molecule has 2 aromatic carbocycles. The largest absolute Gasteiger partial charge is 0.321 e. The molecule has 0 atom stereocenters. The summed E-state index contributed by atoms with van der Waals surface area (Å²) in [5.41, 5.74) is 1.53. The smallest absolute Gasteiger partial charge is 0.256 e. The second kappa shape index (κ2) is 5.63. The lowest BCUT2D eigenvalue weighted by molar-refractivity contribution is 0.102. The van der Waals surface area contributed by atoms with Gasteiger partial charge in [-0.2, -0.15) is 0 Å². The number of amides is 1. The Morgan fingerprint density at radius 1 is 1.26 bits per heavy atom. The number of anilines is 1. The van der Waals surface area contributed by atoms with E-state index in [4.69, 9.17) is 11.6 Å². The third kappa shape index (κ3) is 3.28. The van der Waals surface area contributed by atoms with Crippen molar-refractivity contribution in [3.8, 4) is 0 Å². The van der Waals surface area contributed by atoms with Gasteiger partial charge in [-0.1, -0.05) is 17.7 Å². The minimum absolute atomic E-state index is 0.246. The summed E-state index contributed by atoms with van der Waals surface area (Å²) in [6.07, 6.45) is 0. The van der Waals surface area contributed by atoms with Gasteiger partial charge < -0.3 is 5.32 Å². The van der Waals surface area contributed by atoms with Crippen LogP contribution in [-0.2, 0) is 0 Å². The first-order valence-electron chi connectivity index (χ1n) is 5.53. The molecule has 0 saturated carbocycles. The normalized spacial score (nSPS) is 10.3. The Labute approximate surface area is 121 Å². The van der Waals surface area contributed by atoms with E-state index in [2.05, 4.69) is 17.9 Å². The van der Waals surface area contributed by atoms with E-state index in [-0.39, 0.29) is 16.6 Å². The zero-order valence-electron chi connectivity index (χ0n) is 10.1. The molecule has 0 aliphatic carbocycles. The van der Waals surface area contributed by atoms with Crippen LogP contribution in [0.1, 0.15) is 15.9 Å². The fraction of sp³-hybridized carbons (Fsp3) is 0.0714. The predicted octanol–water partition coefficient (Wildman–Crippen LogP) is 4.33. The van der Waals surface area contributed by atoms with Crippen molar-refractivity contribution in [2.45, 2.75) is 11.8 Å². The molecular weight excluding hydrogens is 285 g/mol. The van der Waals surface area contributed by atoms with Gasteiger partial charge in [-0.15, -0.1) is 12.6 Å². The standard InChI is InChI=1S/C14H11ClFNOS/c1-8-2-4-10(19)7-11(8)14(18)17-13-6-9(16)3-5-12(13)15/h2-7,19H,1H3,(H,17,18). The average molecular weight is 296 g/mol. The molecule has 5 heteroatoms. The van der Waals surface area contributed by atoms with Crippen LogP contribution in [-0.4, -0.2) is 5.91 Å². The molecule has 98 valence electrons. The molecular formula is C14H11ClFNOS. The van der Waals surface area contributed by atoms with E-state index in [1.54, 1.807) is 18.2 Å². The van der Waals surface area contributed by atoms with E-state index in [0.29, 0.717) is 10.5 Å². The lowest BCUT2D eigenvalue weighted by atomic mass is 10.1. The van der Waals surface area contributed by atoms with Gasteiger partial charge in [-0.3, -0.25) is 4.79 Å². The Morgan fingerprint density at radius 2 is 2.00 bits per heavy atom. The lowest BCUT2D eigenvalue weighted by Gasteiger charge is -2.09. The Morgan fingerprint density at radius 3 is 2.74 bits per heavy atom. The molecule has 1 amide bonds. The van der Waals surface area contributed by atoms with E-state index in [1.807, 2.05) is 6.92 Å². The summed E-state index contributed by atoms with van der Waals surface area (Å²) in [7, 11) is 0. The number of carbonyl (C=O) groups excluding carboxylic acids is 1. The maximum atomic E-state index is 13.1. The highest BCUT2D eigenvalue weighted by Crippen LogP contribution is 2.24. The first-order chi connectivity index (χ1) is 8.97. The highest BCUT2D eigenvalue weighted by atomic mass is 35.5. The molecule has 1 N–H and O–H groups in total. The molecule has 2 aromatic rings. The molecule has 0 bridgehead atoms. The third-order valence-corrected chi connectivity index (χ3v) is 3.25. The van der Waals surface area contributed by atoms with Crippen molar-refractivity contribution >= 4 is 35.8 Å². The highest BCUT2D eigenvalue weighted by Gasteiger charge is 2.12. The SMILES string of the molecule is Cc1ccc(S)cc1C(=O)Nc1cc(F)ccc1Cl. The van der Waals surface area contributed by atoms with Gasteiger partial charge in [0.05, 0.1) is 10.7 Å². The van der Waals surface area contributed by atoms with E-state index in [1.165, 1.54) is 18.2 Å². The van der Waals surface area contributed by atoms with Gasteiger partial charge in [0.2, 0.25) is 0 Å². The van der Waals surface area contributed by atoms with Crippen LogP contribution in [0.2, 0.25) is 5.02 Å². The molecule has 0 heterocycles. The molecule has 2 rings (SSSR count). The maximum absolute atomic E-state index is 13.1. The summed E-state index contributed by atoms with van der Waals surface area (Å²) in [5.74, 6) is -0.805. The van der Waals surface area contributed by atoms with Crippen molar-refractivity contribution in [1.29, 1.82) is 0 Å². The molecule has 0 fully saturated rings. The molecule has 0 saturated heterocycles. The van der Waals surface area contributed by atoms with E-state index in [0.717, 1.165) is 5.56 Å². The van der Waals surface area contributed by atoms with Crippen molar-refractivity contribution < 1.29 is 9.18 Å². The van der Waals surface area contributed by atoms with Crippen LogP contribution in [0.5, 0.6) is 0 Å². The van der Waals surface area contributed by atoms with Gasteiger partial charge in [-0.25, -0.2) is 4.39 Å². The zero-order valence-corrected chi connectivity index (χ0v) is 11.7. The van der Waals surface area contributed by atoms with Crippen molar-refractivity contribution in [3.63, 3.8) is 0 Å². The summed E-state index contributed by atoms with van der Waals surface area (Å²) < 4.78 is 13.1. The Bertz CT molecular complexity index is 645. The van der Waals surface area contributed by atoms with Crippen LogP contribution in [0.15, 0.2) is 41.3 Å². The monoisotopic (exact) mass is 295 g/mol. The van der Waals surface area contributed by atoms with Crippen molar-refractivity contribution in [2.75, 3.05) is 5.32 Å². The predicted molar refractivity (Wildman–Crippen MR) is 77.8 cm³/mol. The fourth-order valence-electron chi connectivity index (χ4n) is 1.64. The van der Waals surface area contributed by atoms with Gasteiger partial charge in [0.15, 0.2) is 0 Å². The van der Waals surface area contributed by atoms with Crippen molar-refractivity contribution in [1.82, 2.24) is 0 Å². The van der Waals surface area contributed by atoms with Crippen molar-refractivity contribution in [3.05, 3.63) is 58.4 Å². The van der Waals surface area contributed by atoms with Crippen LogP contribution < -0.4 is 5.32 Å². The third-order valence-electron chi connectivity index (χ3n) is 2.64. The number of thiol groups is 1. The summed E-state index contributed by atoms with van der Waals surface area (Å²) in [6.45, 7) is 1.81. The quantitative estimate of drug-likeness (QED) is 0.793. The number of halogens is 2. The Balaban J connectivity index is 2.30. The summed E-state index contributed by atoms with van der Waals surface area (Å²) >= 11 is 10.1. The van der Waals surface area contributed by atoms with Crippen LogP contribution in [0.3, 0.4) is 0 Å². The first-order valence-corrected chi connectivity index (χ1v) is 6.36. The second-order valence-corrected chi connectivity index (χ2v) is 5.00. The minimum atomic E-state index is -0.459. The number of hydrogen-bond acceptors (Lipinski definition) is 2. The van der Waals surface area contributed by atoms with Crippen LogP contribution in [0.4, 0.5) is 10.1 Å². The van der Waals surface area contributed by atoms with Gasteiger partial charge in [0, 0.05) is 10.5 Å². The molecule has 0 aliphatic heterocycles. The van der Waals surface area contributed by atoms with Gasteiger partial charge in [-0.05, 0) is 42.8 Å². The number of carbonyl (C=O) groups is 1. The second-order valence-electron chi connectivity index (χ2n) is 4.08. The van der Waals surface area contributed by atoms with Crippen molar-refractivity contribution in [2.24, 2.45) is 0 Å². The molecule has 19 heavy (non-hydrogen) atoms.